The molecule has 1 aliphatic rings. The molecule has 0 bridgehead atoms. The monoisotopic (exact) mass is 464 g/mol. The number of Topliss-reactive ketones (excluding diaryl/α,β-unsaturated/α-hetero) is 1. The van der Waals surface area contributed by atoms with Crippen LogP contribution < -0.4 is 10.2 Å². The summed E-state index contributed by atoms with van der Waals surface area (Å²) in [4.78, 5) is 47.9. The molecular weight excluding hydrogens is 428 g/mol. The van der Waals surface area contributed by atoms with E-state index in [-0.39, 0.29) is 31.1 Å². The second-order valence-electron chi connectivity index (χ2n) is 8.70. The summed E-state index contributed by atoms with van der Waals surface area (Å²) in [6.45, 7) is 5.92. The summed E-state index contributed by atoms with van der Waals surface area (Å²) >= 11 is 0. The number of hydrogen-bond acceptors (Lipinski definition) is 8. The van der Waals surface area contributed by atoms with E-state index in [1.807, 2.05) is 13.8 Å². The summed E-state index contributed by atoms with van der Waals surface area (Å²) in [5, 5.41) is 34.1. The first-order chi connectivity index (χ1) is 15.6. The number of carbonyl (C=O) groups is 4. The average molecular weight is 465 g/mol. The van der Waals surface area contributed by atoms with Crippen LogP contribution in [-0.2, 0) is 23.9 Å². The third-order valence-corrected chi connectivity index (χ3v) is 6.33. The van der Waals surface area contributed by atoms with Crippen molar-refractivity contribution in [3.63, 3.8) is 0 Å². The molecule has 8 heteroatoms. The molecule has 1 aliphatic carbocycles. The number of allylic oxidation sites excluding steroid dienone is 3. The number of carbonyl (C=O) groups excluding carboxylic acids is 4. The number of carboxylic acid groups (broad SMARTS) is 2. The summed E-state index contributed by atoms with van der Waals surface area (Å²) < 4.78 is 4.84. The Morgan fingerprint density at radius 2 is 1.91 bits per heavy atom. The van der Waals surface area contributed by atoms with Crippen LogP contribution in [0.3, 0.4) is 0 Å². The van der Waals surface area contributed by atoms with Crippen LogP contribution in [0.25, 0.3) is 0 Å². The van der Waals surface area contributed by atoms with Crippen molar-refractivity contribution >= 4 is 23.7 Å². The quantitative estimate of drug-likeness (QED) is 0.164. The van der Waals surface area contributed by atoms with Gasteiger partial charge in [-0.3, -0.25) is 9.59 Å². The largest absolute Gasteiger partial charge is 0.549 e. The Balaban J connectivity index is 3.00. The van der Waals surface area contributed by atoms with Gasteiger partial charge in [0.05, 0.1) is 36.0 Å². The molecule has 5 unspecified atom stereocenters. The van der Waals surface area contributed by atoms with Crippen molar-refractivity contribution in [2.75, 3.05) is 6.61 Å². The maximum Gasteiger partial charge on any atom is 0.305 e. The lowest BCUT2D eigenvalue weighted by Gasteiger charge is -2.33. The molecule has 0 saturated heterocycles. The summed E-state index contributed by atoms with van der Waals surface area (Å²) in [7, 11) is 0. The number of unbranched alkanes of at least 4 members (excludes halogenated alkanes) is 2. The fourth-order valence-electron chi connectivity index (χ4n) is 4.21. The zero-order valence-corrected chi connectivity index (χ0v) is 19.8. The molecule has 1 fully saturated rings. The smallest absolute Gasteiger partial charge is 0.305 e. The Bertz CT molecular complexity index is 741. The lowest BCUT2D eigenvalue weighted by atomic mass is 9.73. The van der Waals surface area contributed by atoms with Gasteiger partial charge in [-0.25, -0.2) is 0 Å². The number of aliphatic hydroxyl groups excluding tert-OH is 1. The van der Waals surface area contributed by atoms with Gasteiger partial charge in [0.15, 0.2) is 5.78 Å². The predicted octanol–water partition coefficient (Wildman–Crippen LogP) is 1.10. The second kappa shape index (κ2) is 13.9. The zero-order chi connectivity index (χ0) is 25.0. The second-order valence-corrected chi connectivity index (χ2v) is 8.70. The van der Waals surface area contributed by atoms with Crippen molar-refractivity contribution in [3.8, 4) is 0 Å². The first kappa shape index (κ1) is 28.6. The van der Waals surface area contributed by atoms with Crippen LogP contribution in [0.15, 0.2) is 24.3 Å². The van der Waals surface area contributed by atoms with E-state index in [1.54, 1.807) is 13.0 Å². The van der Waals surface area contributed by atoms with E-state index in [9.17, 15) is 34.5 Å². The minimum atomic E-state index is -2.05. The molecule has 8 nitrogen and oxygen atoms in total. The standard InChI is InChI=1S/C25H38O8/c1-4-6-11-17(3)20(26)14-13-18-16-19(23(29)30)22(28)25(18,24(31)32)15-10-8-7-9-12-21(27)33-5-2/h8,10,13-14,17-20,26H,4-7,9,11-12,15-16H2,1-3H3,(H,29,30)(H,31,32)/p-2/b10-8+,14-13+. The first-order valence-corrected chi connectivity index (χ1v) is 11.7. The van der Waals surface area contributed by atoms with Gasteiger partial charge in [0.2, 0.25) is 0 Å². The third-order valence-electron chi connectivity index (χ3n) is 6.33. The molecule has 0 aromatic heterocycles. The molecule has 1 rings (SSSR count). The molecule has 0 amide bonds. The van der Waals surface area contributed by atoms with Gasteiger partial charge in [-0.05, 0) is 50.9 Å². The summed E-state index contributed by atoms with van der Waals surface area (Å²) in [5.74, 6) is -7.09. The molecule has 0 radical (unpaired) electrons. The van der Waals surface area contributed by atoms with E-state index in [1.165, 1.54) is 18.2 Å². The van der Waals surface area contributed by atoms with E-state index in [4.69, 9.17) is 4.74 Å². The molecule has 1 saturated carbocycles. The Hall–Kier alpha value is -2.48. The van der Waals surface area contributed by atoms with E-state index in [2.05, 4.69) is 0 Å². The van der Waals surface area contributed by atoms with Gasteiger partial charge < -0.3 is 29.6 Å². The molecule has 5 atom stereocenters. The number of rotatable bonds is 15. The van der Waals surface area contributed by atoms with Crippen molar-refractivity contribution in [2.24, 2.45) is 23.2 Å². The minimum Gasteiger partial charge on any atom is -0.549 e. The molecule has 0 aromatic carbocycles. The topological polar surface area (TPSA) is 144 Å². The maximum atomic E-state index is 12.9. The van der Waals surface area contributed by atoms with Crippen LogP contribution in [0, 0.1) is 23.2 Å². The van der Waals surface area contributed by atoms with Gasteiger partial charge in [0.1, 0.15) is 0 Å². The predicted molar refractivity (Wildman–Crippen MR) is 117 cm³/mol. The van der Waals surface area contributed by atoms with E-state index >= 15 is 0 Å². The Morgan fingerprint density at radius 1 is 1.21 bits per heavy atom. The van der Waals surface area contributed by atoms with Gasteiger partial charge in [-0.1, -0.05) is 51.0 Å². The fourth-order valence-corrected chi connectivity index (χ4v) is 4.21. The third kappa shape index (κ3) is 7.81. The maximum absolute atomic E-state index is 12.9. The van der Waals surface area contributed by atoms with Gasteiger partial charge >= 0.3 is 5.97 Å². The molecule has 0 aromatic rings. The first-order valence-electron chi connectivity index (χ1n) is 11.7. The molecule has 186 valence electrons. The molecular formula is C25H36O8-2. The van der Waals surface area contributed by atoms with Crippen LogP contribution in [-0.4, -0.2) is 41.5 Å². The van der Waals surface area contributed by atoms with Crippen LogP contribution in [0.2, 0.25) is 0 Å². The SMILES string of the molecule is CCCCC(C)C(O)/C=C/C1CC(C(=O)[O-])C(=O)C1(C/C=C/CCCC(=O)OCC)C(=O)[O-]. The Labute approximate surface area is 195 Å². The molecule has 1 N–H and O–H groups in total. The number of hydrogen-bond donors (Lipinski definition) is 1. The van der Waals surface area contributed by atoms with Crippen molar-refractivity contribution < 1.29 is 39.2 Å². The van der Waals surface area contributed by atoms with Crippen molar-refractivity contribution in [2.45, 2.75) is 78.2 Å². The lowest BCUT2D eigenvalue weighted by Crippen LogP contribution is -2.50. The van der Waals surface area contributed by atoms with Crippen LogP contribution in [0.4, 0.5) is 0 Å². The highest BCUT2D eigenvalue weighted by Gasteiger charge is 2.54. The highest BCUT2D eigenvalue weighted by atomic mass is 16.5. The number of esters is 1. The number of ether oxygens (including phenoxy) is 1. The fraction of sp³-hybridized carbons (Fsp3) is 0.680. The van der Waals surface area contributed by atoms with Crippen LogP contribution >= 0.6 is 0 Å². The van der Waals surface area contributed by atoms with E-state index < -0.39 is 41.1 Å². The molecule has 33 heavy (non-hydrogen) atoms. The van der Waals surface area contributed by atoms with Crippen LogP contribution in [0.1, 0.15) is 72.1 Å². The Morgan fingerprint density at radius 3 is 2.48 bits per heavy atom. The number of carboxylic acids is 2. The molecule has 0 spiro atoms. The van der Waals surface area contributed by atoms with Crippen molar-refractivity contribution in [3.05, 3.63) is 24.3 Å². The van der Waals surface area contributed by atoms with Crippen molar-refractivity contribution in [1.29, 1.82) is 0 Å². The molecule has 0 aliphatic heterocycles. The lowest BCUT2D eigenvalue weighted by molar-refractivity contribution is -0.317. The van der Waals surface area contributed by atoms with Crippen LogP contribution in [0.5, 0.6) is 0 Å². The van der Waals surface area contributed by atoms with Gasteiger partial charge in [0, 0.05) is 6.42 Å². The van der Waals surface area contributed by atoms with E-state index in [0.717, 1.165) is 19.3 Å². The van der Waals surface area contributed by atoms with Crippen molar-refractivity contribution in [1.82, 2.24) is 0 Å². The molecule has 0 heterocycles. The Kier molecular flexibility index (Phi) is 12.1. The minimum absolute atomic E-state index is 0.0631. The van der Waals surface area contributed by atoms with Gasteiger partial charge in [-0.2, -0.15) is 0 Å². The van der Waals surface area contributed by atoms with Gasteiger partial charge in [0.25, 0.3) is 0 Å². The number of aliphatic hydroxyl groups is 1. The highest BCUT2D eigenvalue weighted by molar-refractivity contribution is 6.12. The number of ketones is 1. The van der Waals surface area contributed by atoms with E-state index in [0.29, 0.717) is 19.4 Å². The van der Waals surface area contributed by atoms with Gasteiger partial charge in [-0.15, -0.1) is 0 Å². The summed E-state index contributed by atoms with van der Waals surface area (Å²) in [6, 6.07) is 0. The zero-order valence-electron chi connectivity index (χ0n) is 19.8. The highest BCUT2D eigenvalue weighted by Crippen LogP contribution is 2.47. The summed E-state index contributed by atoms with van der Waals surface area (Å²) in [5.41, 5.74) is -2.05. The number of aliphatic carboxylic acids is 2. The summed E-state index contributed by atoms with van der Waals surface area (Å²) in [6.07, 6.45) is 8.64. The normalized spacial score (nSPS) is 24.9. The average Bonchev–Trinajstić information content (AvgIpc) is 3.05.